The van der Waals surface area contributed by atoms with E-state index in [-0.39, 0.29) is 5.31 Å². The van der Waals surface area contributed by atoms with Crippen LogP contribution in [0, 0.1) is 0 Å². The van der Waals surface area contributed by atoms with Crippen LogP contribution in [0.3, 0.4) is 0 Å². The molecule has 0 spiro atoms. The van der Waals surface area contributed by atoms with Gasteiger partial charge in [-0.3, -0.25) is 0 Å². The van der Waals surface area contributed by atoms with Crippen molar-refractivity contribution < 1.29 is 0 Å². The lowest BCUT2D eigenvalue weighted by Gasteiger charge is -2.22. The van der Waals surface area contributed by atoms with Crippen LogP contribution in [-0.2, 0) is 0 Å². The van der Waals surface area contributed by atoms with E-state index in [0.29, 0.717) is 0 Å². The molecule has 12 heavy (non-hydrogen) atoms. The molecule has 0 aliphatic heterocycles. The number of rotatable bonds is 1. The molecule has 1 unspecified atom stereocenters. The number of hydrogen-bond acceptors (Lipinski definition) is 1. The lowest BCUT2D eigenvalue weighted by atomic mass is 9.65. The fraction of sp³-hybridized carbons (Fsp3) is 0.800. The first-order valence-electron chi connectivity index (χ1n) is 4.80. The lowest BCUT2D eigenvalue weighted by molar-refractivity contribution is 0.531. The van der Waals surface area contributed by atoms with E-state index in [4.69, 9.17) is 13.6 Å². The molecule has 0 aromatic carbocycles. The van der Waals surface area contributed by atoms with E-state index < -0.39 is 0 Å². The fourth-order valence-corrected chi connectivity index (χ4v) is 1.72. The number of allylic oxidation sites excluding steroid dienone is 2. The smallest absolute Gasteiger partial charge is 0.0742 e. The largest absolute Gasteiger partial charge is 0.402 e. The van der Waals surface area contributed by atoms with Gasteiger partial charge in [0.05, 0.1) is 7.85 Å². The van der Waals surface area contributed by atoms with E-state index in [0.717, 1.165) is 37.8 Å². The van der Waals surface area contributed by atoms with Crippen molar-refractivity contribution >= 4 is 7.85 Å². The van der Waals surface area contributed by atoms with Crippen LogP contribution in [-0.4, -0.2) is 7.85 Å². The van der Waals surface area contributed by atoms with Gasteiger partial charge in [-0.2, -0.15) is 0 Å². The highest BCUT2D eigenvalue weighted by Crippen LogP contribution is 2.39. The summed E-state index contributed by atoms with van der Waals surface area (Å²) < 4.78 is 0. The Labute approximate surface area is 76.8 Å². The second kappa shape index (κ2) is 3.55. The summed E-state index contributed by atoms with van der Waals surface area (Å²) >= 11 is 0. The molecule has 0 aromatic rings. The van der Waals surface area contributed by atoms with E-state index in [1.165, 1.54) is 5.57 Å². The Morgan fingerprint density at radius 1 is 1.42 bits per heavy atom. The first kappa shape index (κ1) is 9.69. The second-order valence-corrected chi connectivity index (χ2v) is 4.14. The SMILES string of the molecule is [B]C1(C)CCC(N)=C(CC)CC1. The number of hydrogen-bond donors (Lipinski definition) is 1. The van der Waals surface area contributed by atoms with Crippen molar-refractivity contribution in [3.8, 4) is 0 Å². The van der Waals surface area contributed by atoms with Crippen LogP contribution in [0.2, 0.25) is 5.31 Å². The third kappa shape index (κ3) is 2.29. The third-order valence-corrected chi connectivity index (χ3v) is 2.84. The second-order valence-electron chi connectivity index (χ2n) is 4.14. The summed E-state index contributed by atoms with van der Waals surface area (Å²) in [6.45, 7) is 4.29. The van der Waals surface area contributed by atoms with Crippen molar-refractivity contribution in [1.82, 2.24) is 0 Å². The van der Waals surface area contributed by atoms with Crippen LogP contribution < -0.4 is 5.73 Å². The van der Waals surface area contributed by atoms with Crippen LogP contribution >= 0.6 is 0 Å². The minimum Gasteiger partial charge on any atom is -0.402 e. The molecule has 0 saturated carbocycles. The van der Waals surface area contributed by atoms with Gasteiger partial charge in [0.15, 0.2) is 0 Å². The maximum absolute atomic E-state index is 6.07. The summed E-state index contributed by atoms with van der Waals surface area (Å²) in [5.74, 6) is 0. The first-order valence-corrected chi connectivity index (χ1v) is 4.80. The van der Waals surface area contributed by atoms with Crippen molar-refractivity contribution in [2.45, 2.75) is 51.3 Å². The van der Waals surface area contributed by atoms with E-state index in [1.807, 2.05) is 0 Å². The van der Waals surface area contributed by atoms with E-state index in [2.05, 4.69) is 13.8 Å². The molecule has 1 nitrogen and oxygen atoms in total. The van der Waals surface area contributed by atoms with Crippen molar-refractivity contribution in [3.63, 3.8) is 0 Å². The Balaban J connectivity index is 2.67. The molecule has 1 aliphatic rings. The van der Waals surface area contributed by atoms with Gasteiger partial charge in [0.25, 0.3) is 0 Å². The highest BCUT2D eigenvalue weighted by molar-refractivity contribution is 6.14. The van der Waals surface area contributed by atoms with Crippen LogP contribution in [0.4, 0.5) is 0 Å². The van der Waals surface area contributed by atoms with E-state index in [1.54, 1.807) is 0 Å². The van der Waals surface area contributed by atoms with Gasteiger partial charge in [0.1, 0.15) is 0 Å². The maximum Gasteiger partial charge on any atom is 0.0742 e. The predicted molar refractivity (Wildman–Crippen MR) is 54.1 cm³/mol. The van der Waals surface area contributed by atoms with Gasteiger partial charge in [-0.05, 0) is 19.3 Å². The first-order chi connectivity index (χ1) is 5.55. The number of nitrogens with two attached hydrogens (primary N) is 1. The van der Waals surface area contributed by atoms with Gasteiger partial charge in [0, 0.05) is 5.70 Å². The van der Waals surface area contributed by atoms with E-state index >= 15 is 0 Å². The minimum atomic E-state index is 0.00153. The normalized spacial score (nSPS) is 31.8. The molecule has 0 heterocycles. The van der Waals surface area contributed by atoms with Crippen LogP contribution in [0.15, 0.2) is 11.3 Å². The Morgan fingerprint density at radius 3 is 2.58 bits per heavy atom. The Kier molecular flexibility index (Phi) is 2.87. The standard InChI is InChI=1S/C10H18BN/c1-3-8-4-6-10(2,11)7-5-9(8)12/h3-7,12H2,1-2H3. The van der Waals surface area contributed by atoms with Crippen LogP contribution in [0.5, 0.6) is 0 Å². The zero-order valence-corrected chi connectivity index (χ0v) is 8.19. The van der Waals surface area contributed by atoms with Crippen molar-refractivity contribution in [3.05, 3.63) is 11.3 Å². The predicted octanol–water partition coefficient (Wildman–Crippen LogP) is 2.53. The van der Waals surface area contributed by atoms with Crippen LogP contribution in [0.25, 0.3) is 0 Å². The van der Waals surface area contributed by atoms with Gasteiger partial charge in [0.2, 0.25) is 0 Å². The van der Waals surface area contributed by atoms with E-state index in [9.17, 15) is 0 Å². The van der Waals surface area contributed by atoms with Gasteiger partial charge >= 0.3 is 0 Å². The maximum atomic E-state index is 6.07. The van der Waals surface area contributed by atoms with Crippen molar-refractivity contribution in [2.24, 2.45) is 5.73 Å². The molecular formula is C10H18BN. The summed E-state index contributed by atoms with van der Waals surface area (Å²) in [5.41, 5.74) is 8.44. The quantitative estimate of drug-likeness (QED) is 0.590. The van der Waals surface area contributed by atoms with Gasteiger partial charge in [-0.1, -0.05) is 37.6 Å². The average Bonchev–Trinajstić information content (AvgIpc) is 2.13. The molecule has 0 saturated heterocycles. The molecule has 66 valence electrons. The summed E-state index contributed by atoms with van der Waals surface area (Å²) in [7, 11) is 6.07. The summed E-state index contributed by atoms with van der Waals surface area (Å²) in [5, 5.41) is 0.00153. The molecule has 0 bridgehead atoms. The highest BCUT2D eigenvalue weighted by atomic mass is 14.6. The third-order valence-electron chi connectivity index (χ3n) is 2.84. The lowest BCUT2D eigenvalue weighted by Crippen LogP contribution is -2.06. The fourth-order valence-electron chi connectivity index (χ4n) is 1.72. The monoisotopic (exact) mass is 163 g/mol. The van der Waals surface area contributed by atoms with Gasteiger partial charge in [-0.15, -0.1) is 0 Å². The van der Waals surface area contributed by atoms with Crippen molar-refractivity contribution in [2.75, 3.05) is 0 Å². The molecule has 1 atom stereocenters. The molecule has 2 N–H and O–H groups in total. The van der Waals surface area contributed by atoms with Crippen molar-refractivity contribution in [1.29, 1.82) is 0 Å². The molecule has 0 aromatic heterocycles. The molecule has 1 aliphatic carbocycles. The molecular weight excluding hydrogens is 145 g/mol. The van der Waals surface area contributed by atoms with Crippen LogP contribution in [0.1, 0.15) is 46.0 Å². The molecule has 0 amide bonds. The zero-order chi connectivity index (χ0) is 9.19. The Bertz CT molecular complexity index is 194. The minimum absolute atomic E-state index is 0.00153. The molecule has 1 rings (SSSR count). The zero-order valence-electron chi connectivity index (χ0n) is 8.19. The van der Waals surface area contributed by atoms with Gasteiger partial charge in [-0.25, -0.2) is 0 Å². The topological polar surface area (TPSA) is 26.0 Å². The molecule has 0 fully saturated rings. The summed E-state index contributed by atoms with van der Waals surface area (Å²) in [4.78, 5) is 0. The summed E-state index contributed by atoms with van der Waals surface area (Å²) in [6.07, 6.45) is 5.27. The van der Waals surface area contributed by atoms with Gasteiger partial charge < -0.3 is 5.73 Å². The molecule has 2 radical (unpaired) electrons. The average molecular weight is 163 g/mol. The Hall–Kier alpha value is -0.395. The highest BCUT2D eigenvalue weighted by Gasteiger charge is 2.21. The molecule has 2 heteroatoms. The Morgan fingerprint density at radius 2 is 2.00 bits per heavy atom. The summed E-state index contributed by atoms with van der Waals surface area (Å²) in [6, 6.07) is 0.